The standard InChI is InChI=1S/C18H19ClF2N2O2/c1-3-13(19)16(18(22-2)25-10-11-4-5-11)17(24)23-9-12-6-7-14(20)15(21)8-12/h3,6-8,11H,2,4-5,9-10H2,1H3,(H,23,24)/b13-3+,18-16-. The largest absolute Gasteiger partial charge is 0.477 e. The fourth-order valence-electron chi connectivity index (χ4n) is 2.05. The first-order valence-electron chi connectivity index (χ1n) is 7.84. The van der Waals surface area contributed by atoms with Crippen LogP contribution >= 0.6 is 11.6 Å². The summed E-state index contributed by atoms with van der Waals surface area (Å²) in [7, 11) is 0. The van der Waals surface area contributed by atoms with Gasteiger partial charge in [0.05, 0.1) is 11.6 Å². The Hall–Kier alpha value is -2.21. The summed E-state index contributed by atoms with van der Waals surface area (Å²) in [6.45, 7) is 5.55. The molecule has 1 aromatic carbocycles. The highest BCUT2D eigenvalue weighted by Gasteiger charge is 2.25. The highest BCUT2D eigenvalue weighted by molar-refractivity contribution is 6.35. The summed E-state index contributed by atoms with van der Waals surface area (Å²) >= 11 is 6.12. The molecule has 0 saturated heterocycles. The molecule has 0 aliphatic heterocycles. The van der Waals surface area contributed by atoms with Gasteiger partial charge in [0, 0.05) is 6.54 Å². The molecule has 134 valence electrons. The maximum absolute atomic E-state index is 13.2. The third-order valence-corrected chi connectivity index (χ3v) is 4.07. The molecule has 0 aromatic heterocycles. The molecule has 0 spiro atoms. The number of ether oxygens (including phenoxy) is 1. The Labute approximate surface area is 150 Å². The van der Waals surface area contributed by atoms with Crippen LogP contribution in [0, 0.1) is 17.6 Å². The summed E-state index contributed by atoms with van der Waals surface area (Å²) < 4.78 is 31.8. The van der Waals surface area contributed by atoms with Gasteiger partial charge in [-0.05, 0) is 50.1 Å². The summed E-state index contributed by atoms with van der Waals surface area (Å²) in [5, 5.41) is 2.77. The number of nitrogens with one attached hydrogen (secondary N) is 1. The zero-order valence-electron chi connectivity index (χ0n) is 13.8. The van der Waals surface area contributed by atoms with E-state index in [0.29, 0.717) is 18.1 Å². The van der Waals surface area contributed by atoms with Crippen molar-refractivity contribution in [3.8, 4) is 0 Å². The summed E-state index contributed by atoms with van der Waals surface area (Å²) in [6.07, 6.45) is 3.71. The number of rotatable bonds is 8. The van der Waals surface area contributed by atoms with Crippen LogP contribution in [-0.4, -0.2) is 19.2 Å². The van der Waals surface area contributed by atoms with Gasteiger partial charge in [-0.3, -0.25) is 4.79 Å². The van der Waals surface area contributed by atoms with Gasteiger partial charge in [0.25, 0.3) is 5.91 Å². The summed E-state index contributed by atoms with van der Waals surface area (Å²) in [6, 6.07) is 3.41. The first kappa shape index (κ1) is 19.1. The Morgan fingerprint density at radius 3 is 2.72 bits per heavy atom. The molecule has 2 rings (SSSR count). The lowest BCUT2D eigenvalue weighted by Gasteiger charge is -2.13. The minimum absolute atomic E-state index is 0.000461. The minimum atomic E-state index is -0.977. The number of nitrogens with zero attached hydrogens (tertiary/aromatic N) is 1. The molecule has 4 nitrogen and oxygen atoms in total. The second-order valence-corrected chi connectivity index (χ2v) is 6.07. The molecule has 0 unspecified atom stereocenters. The van der Waals surface area contributed by atoms with E-state index in [-0.39, 0.29) is 23.0 Å². The fraction of sp³-hybridized carbons (Fsp3) is 0.333. The highest BCUT2D eigenvalue weighted by Crippen LogP contribution is 2.31. The number of benzene rings is 1. The van der Waals surface area contributed by atoms with Crippen molar-refractivity contribution in [3.05, 3.63) is 58.0 Å². The lowest BCUT2D eigenvalue weighted by Crippen LogP contribution is -2.26. The number of hydrogen-bond donors (Lipinski definition) is 1. The number of halogens is 3. The third-order valence-electron chi connectivity index (χ3n) is 3.67. The third kappa shape index (κ3) is 5.39. The molecule has 0 atom stereocenters. The van der Waals surface area contributed by atoms with Crippen molar-refractivity contribution in [1.82, 2.24) is 5.32 Å². The van der Waals surface area contributed by atoms with Gasteiger partial charge in [0.1, 0.15) is 5.57 Å². The normalized spacial score (nSPS) is 15.4. The van der Waals surface area contributed by atoms with Crippen LogP contribution in [0.1, 0.15) is 25.3 Å². The topological polar surface area (TPSA) is 50.7 Å². The van der Waals surface area contributed by atoms with E-state index in [1.807, 2.05) is 0 Å². The van der Waals surface area contributed by atoms with Crippen molar-refractivity contribution >= 4 is 24.2 Å². The summed E-state index contributed by atoms with van der Waals surface area (Å²) in [5.74, 6) is -1.94. The van der Waals surface area contributed by atoms with Crippen LogP contribution in [-0.2, 0) is 16.1 Å². The van der Waals surface area contributed by atoms with Crippen molar-refractivity contribution in [1.29, 1.82) is 0 Å². The maximum atomic E-state index is 13.2. The number of amides is 1. The Morgan fingerprint density at radius 2 is 2.16 bits per heavy atom. The van der Waals surface area contributed by atoms with Crippen LogP contribution in [0.25, 0.3) is 0 Å². The van der Waals surface area contributed by atoms with E-state index in [1.165, 1.54) is 6.07 Å². The predicted octanol–water partition coefficient (Wildman–Crippen LogP) is 4.06. The molecule has 1 saturated carbocycles. The first-order chi connectivity index (χ1) is 12.0. The number of allylic oxidation sites excluding steroid dienone is 1. The summed E-state index contributed by atoms with van der Waals surface area (Å²) in [4.78, 5) is 16.3. The minimum Gasteiger partial charge on any atom is -0.477 e. The maximum Gasteiger partial charge on any atom is 0.258 e. The molecule has 0 heterocycles. The number of hydrogen-bond acceptors (Lipinski definition) is 3. The molecule has 1 fully saturated rings. The van der Waals surface area contributed by atoms with Crippen LogP contribution in [0.3, 0.4) is 0 Å². The average Bonchev–Trinajstić information content (AvgIpc) is 3.43. The number of carbonyl (C=O) groups excluding carboxylic acids is 1. The SMILES string of the molecule is C=N/C(OCC1CC1)=C(C(=O)NCc1ccc(F)c(F)c1)\C(Cl)=C/C. The second-order valence-electron chi connectivity index (χ2n) is 5.66. The lowest BCUT2D eigenvalue weighted by atomic mass is 10.2. The van der Waals surface area contributed by atoms with Crippen LogP contribution in [0.5, 0.6) is 0 Å². The van der Waals surface area contributed by atoms with Gasteiger partial charge in [-0.25, -0.2) is 13.8 Å². The van der Waals surface area contributed by atoms with E-state index >= 15 is 0 Å². The van der Waals surface area contributed by atoms with Gasteiger partial charge in [0.2, 0.25) is 5.88 Å². The average molecular weight is 369 g/mol. The van der Waals surface area contributed by atoms with E-state index in [0.717, 1.165) is 25.0 Å². The fourth-order valence-corrected chi connectivity index (χ4v) is 2.22. The monoisotopic (exact) mass is 368 g/mol. The van der Waals surface area contributed by atoms with E-state index in [4.69, 9.17) is 16.3 Å². The van der Waals surface area contributed by atoms with Gasteiger partial charge in [-0.15, -0.1) is 0 Å². The smallest absolute Gasteiger partial charge is 0.258 e. The predicted molar refractivity (Wildman–Crippen MR) is 93.1 cm³/mol. The van der Waals surface area contributed by atoms with Crippen molar-refractivity contribution in [2.45, 2.75) is 26.3 Å². The molecule has 1 amide bonds. The van der Waals surface area contributed by atoms with E-state index in [1.54, 1.807) is 13.0 Å². The van der Waals surface area contributed by atoms with E-state index < -0.39 is 17.5 Å². The van der Waals surface area contributed by atoms with Gasteiger partial charge in [-0.1, -0.05) is 23.7 Å². The Kier molecular flexibility index (Phi) is 6.70. The molecular formula is C18H19ClF2N2O2. The zero-order valence-corrected chi connectivity index (χ0v) is 14.6. The molecular weight excluding hydrogens is 350 g/mol. The van der Waals surface area contributed by atoms with Crippen molar-refractivity contribution in [2.24, 2.45) is 10.9 Å². The van der Waals surface area contributed by atoms with Gasteiger partial charge >= 0.3 is 0 Å². The molecule has 1 aromatic rings. The van der Waals surface area contributed by atoms with Gasteiger partial charge < -0.3 is 10.1 Å². The van der Waals surface area contributed by atoms with Gasteiger partial charge in [-0.2, -0.15) is 0 Å². The Bertz CT molecular complexity index is 728. The number of carbonyl (C=O) groups is 1. The van der Waals surface area contributed by atoms with E-state index in [9.17, 15) is 13.6 Å². The van der Waals surface area contributed by atoms with Crippen LogP contribution in [0.4, 0.5) is 8.78 Å². The molecule has 1 aliphatic carbocycles. The number of aliphatic imine (C=N–C) groups is 1. The quantitative estimate of drug-likeness (QED) is 0.325. The van der Waals surface area contributed by atoms with E-state index in [2.05, 4.69) is 17.0 Å². The molecule has 25 heavy (non-hydrogen) atoms. The highest BCUT2D eigenvalue weighted by atomic mass is 35.5. The Morgan fingerprint density at radius 1 is 1.44 bits per heavy atom. The molecule has 0 radical (unpaired) electrons. The van der Waals surface area contributed by atoms with Crippen molar-refractivity contribution < 1.29 is 18.3 Å². The second kappa shape index (κ2) is 8.76. The molecule has 0 bridgehead atoms. The van der Waals surface area contributed by atoms with Crippen molar-refractivity contribution in [3.63, 3.8) is 0 Å². The molecule has 1 N–H and O–H groups in total. The summed E-state index contributed by atoms with van der Waals surface area (Å²) in [5.41, 5.74) is 0.470. The Balaban J connectivity index is 2.13. The molecule has 1 aliphatic rings. The van der Waals surface area contributed by atoms with Crippen molar-refractivity contribution in [2.75, 3.05) is 6.61 Å². The molecule has 7 heteroatoms. The van der Waals surface area contributed by atoms with Gasteiger partial charge in [0.15, 0.2) is 11.6 Å². The van der Waals surface area contributed by atoms with Crippen LogP contribution < -0.4 is 5.32 Å². The van der Waals surface area contributed by atoms with Crippen LogP contribution in [0.15, 0.2) is 45.8 Å². The zero-order chi connectivity index (χ0) is 18.4. The first-order valence-corrected chi connectivity index (χ1v) is 8.22. The lowest BCUT2D eigenvalue weighted by molar-refractivity contribution is -0.117. The van der Waals surface area contributed by atoms with Crippen LogP contribution in [0.2, 0.25) is 0 Å².